The molecule has 0 spiro atoms. The highest BCUT2D eigenvalue weighted by molar-refractivity contribution is 6.21. The highest BCUT2D eigenvalue weighted by Crippen LogP contribution is 2.27. The van der Waals surface area contributed by atoms with Crippen LogP contribution >= 0.6 is 0 Å². The van der Waals surface area contributed by atoms with Gasteiger partial charge in [-0.3, -0.25) is 14.5 Å². The van der Waals surface area contributed by atoms with Crippen LogP contribution in [0.25, 0.3) is 0 Å². The fourth-order valence-corrected chi connectivity index (χ4v) is 2.98. The van der Waals surface area contributed by atoms with Crippen LogP contribution in [0, 0.1) is 11.8 Å². The van der Waals surface area contributed by atoms with Crippen molar-refractivity contribution in [2.75, 3.05) is 19.6 Å². The van der Waals surface area contributed by atoms with Crippen LogP contribution in [0.2, 0.25) is 0 Å². The van der Waals surface area contributed by atoms with Crippen LogP contribution < -0.4 is 5.32 Å². The molecule has 2 amide bonds. The van der Waals surface area contributed by atoms with Gasteiger partial charge in [0, 0.05) is 6.54 Å². The molecular weight excluding hydrogens is 240 g/mol. The molecule has 2 aliphatic heterocycles. The van der Waals surface area contributed by atoms with Crippen molar-refractivity contribution in [3.05, 3.63) is 35.4 Å². The van der Waals surface area contributed by atoms with Crippen molar-refractivity contribution in [2.24, 2.45) is 11.8 Å². The number of carbonyl (C=O) groups excluding carboxylic acids is 2. The third kappa shape index (κ3) is 2.06. The molecule has 0 aliphatic carbocycles. The van der Waals surface area contributed by atoms with Crippen LogP contribution in [0.1, 0.15) is 34.1 Å². The van der Waals surface area contributed by atoms with Gasteiger partial charge in [-0.1, -0.05) is 19.1 Å². The first-order chi connectivity index (χ1) is 9.18. The number of nitrogens with zero attached hydrogens (tertiary/aromatic N) is 1. The predicted octanol–water partition coefficient (Wildman–Crippen LogP) is 1.53. The van der Waals surface area contributed by atoms with E-state index >= 15 is 0 Å². The van der Waals surface area contributed by atoms with Crippen molar-refractivity contribution in [2.45, 2.75) is 13.3 Å². The maximum atomic E-state index is 12.3. The average molecular weight is 258 g/mol. The minimum Gasteiger partial charge on any atom is -0.316 e. The predicted molar refractivity (Wildman–Crippen MR) is 71.9 cm³/mol. The number of imide groups is 1. The molecule has 2 atom stereocenters. The van der Waals surface area contributed by atoms with E-state index < -0.39 is 0 Å². The smallest absolute Gasteiger partial charge is 0.261 e. The summed E-state index contributed by atoms with van der Waals surface area (Å²) < 4.78 is 0. The summed E-state index contributed by atoms with van der Waals surface area (Å²) in [6.07, 6.45) is 1.02. The molecule has 1 aromatic rings. The molecule has 2 heterocycles. The number of hydrogen-bond acceptors (Lipinski definition) is 3. The van der Waals surface area contributed by atoms with E-state index in [4.69, 9.17) is 0 Å². The third-order valence-electron chi connectivity index (χ3n) is 4.26. The molecule has 4 nitrogen and oxygen atoms in total. The standard InChI is InChI=1S/C15H18N2O2/c1-10-8-16-7-6-11(10)9-17-14(18)12-4-2-3-5-13(12)15(17)19/h2-5,10-11,16H,6-9H2,1H3/t10-,11-/m1/s1. The van der Waals surface area contributed by atoms with Gasteiger partial charge >= 0.3 is 0 Å². The summed E-state index contributed by atoms with van der Waals surface area (Å²) in [5.74, 6) is 0.638. The molecule has 4 heteroatoms. The molecule has 100 valence electrons. The lowest BCUT2D eigenvalue weighted by atomic mass is 9.87. The lowest BCUT2D eigenvalue weighted by Gasteiger charge is -2.31. The van der Waals surface area contributed by atoms with E-state index in [0.29, 0.717) is 29.5 Å². The monoisotopic (exact) mass is 258 g/mol. The largest absolute Gasteiger partial charge is 0.316 e. The third-order valence-corrected chi connectivity index (χ3v) is 4.26. The Kier molecular flexibility index (Phi) is 3.11. The maximum absolute atomic E-state index is 12.3. The molecule has 3 rings (SSSR count). The van der Waals surface area contributed by atoms with Crippen molar-refractivity contribution in [3.8, 4) is 0 Å². The highest BCUT2D eigenvalue weighted by Gasteiger charge is 2.37. The van der Waals surface area contributed by atoms with Crippen molar-refractivity contribution in [3.63, 3.8) is 0 Å². The molecule has 0 radical (unpaired) electrons. The second kappa shape index (κ2) is 4.78. The Morgan fingerprint density at radius 2 is 1.84 bits per heavy atom. The zero-order chi connectivity index (χ0) is 13.4. The Morgan fingerprint density at radius 1 is 1.21 bits per heavy atom. The molecule has 19 heavy (non-hydrogen) atoms. The van der Waals surface area contributed by atoms with Crippen molar-refractivity contribution in [1.29, 1.82) is 0 Å². The first-order valence-corrected chi connectivity index (χ1v) is 6.84. The zero-order valence-electron chi connectivity index (χ0n) is 11.1. The van der Waals surface area contributed by atoms with Crippen LogP contribution in [-0.4, -0.2) is 36.3 Å². The number of hydrogen-bond donors (Lipinski definition) is 1. The minimum atomic E-state index is -0.133. The van der Waals surface area contributed by atoms with Gasteiger partial charge in [0.05, 0.1) is 11.1 Å². The summed E-state index contributed by atoms with van der Waals surface area (Å²) in [6.45, 7) is 4.66. The van der Waals surface area contributed by atoms with Crippen molar-refractivity contribution >= 4 is 11.8 Å². The fraction of sp³-hybridized carbons (Fsp3) is 0.467. The van der Waals surface area contributed by atoms with Gasteiger partial charge in [-0.25, -0.2) is 0 Å². The summed E-state index contributed by atoms with van der Waals surface area (Å²) in [7, 11) is 0. The van der Waals surface area contributed by atoms with E-state index in [1.807, 2.05) is 0 Å². The SMILES string of the molecule is C[C@@H]1CNCC[C@@H]1CN1C(=O)c2ccccc2C1=O. The summed E-state index contributed by atoms with van der Waals surface area (Å²) in [4.78, 5) is 26.0. The average Bonchev–Trinajstić information content (AvgIpc) is 2.67. The van der Waals surface area contributed by atoms with Gasteiger partial charge in [0.25, 0.3) is 11.8 Å². The van der Waals surface area contributed by atoms with E-state index in [2.05, 4.69) is 12.2 Å². The second-order valence-electron chi connectivity index (χ2n) is 5.50. The van der Waals surface area contributed by atoms with Crippen molar-refractivity contribution in [1.82, 2.24) is 10.2 Å². The Hall–Kier alpha value is -1.68. The molecule has 1 fully saturated rings. The van der Waals surface area contributed by atoms with E-state index in [9.17, 15) is 9.59 Å². The molecule has 1 saturated heterocycles. The Bertz CT molecular complexity index is 492. The van der Waals surface area contributed by atoms with E-state index in [1.165, 1.54) is 4.90 Å². The van der Waals surface area contributed by atoms with Gasteiger partial charge in [0.15, 0.2) is 0 Å². The van der Waals surface area contributed by atoms with Crippen LogP contribution in [0.3, 0.4) is 0 Å². The van der Waals surface area contributed by atoms with Crippen LogP contribution in [0.5, 0.6) is 0 Å². The van der Waals surface area contributed by atoms with Gasteiger partial charge in [0.2, 0.25) is 0 Å². The zero-order valence-corrected chi connectivity index (χ0v) is 11.1. The molecule has 0 bridgehead atoms. The molecule has 0 aromatic heterocycles. The van der Waals surface area contributed by atoms with Crippen LogP contribution in [0.15, 0.2) is 24.3 Å². The normalized spacial score (nSPS) is 26.7. The Balaban J connectivity index is 1.80. The number of benzene rings is 1. The number of nitrogens with one attached hydrogen (secondary N) is 1. The van der Waals surface area contributed by atoms with Crippen LogP contribution in [-0.2, 0) is 0 Å². The van der Waals surface area contributed by atoms with Gasteiger partial charge in [0.1, 0.15) is 0 Å². The molecule has 0 unspecified atom stereocenters. The lowest BCUT2D eigenvalue weighted by Crippen LogP contribution is -2.43. The molecule has 0 saturated carbocycles. The number of piperidine rings is 1. The van der Waals surface area contributed by atoms with Gasteiger partial charge in [-0.2, -0.15) is 0 Å². The summed E-state index contributed by atoms with van der Waals surface area (Å²) in [5, 5.41) is 3.34. The second-order valence-corrected chi connectivity index (χ2v) is 5.50. The van der Waals surface area contributed by atoms with Gasteiger partial charge < -0.3 is 5.32 Å². The van der Waals surface area contributed by atoms with E-state index in [-0.39, 0.29) is 11.8 Å². The van der Waals surface area contributed by atoms with Crippen LogP contribution in [0.4, 0.5) is 0 Å². The number of amides is 2. The minimum absolute atomic E-state index is 0.133. The summed E-state index contributed by atoms with van der Waals surface area (Å²) in [6, 6.07) is 7.09. The summed E-state index contributed by atoms with van der Waals surface area (Å²) >= 11 is 0. The number of rotatable bonds is 2. The topological polar surface area (TPSA) is 49.4 Å². The number of carbonyl (C=O) groups is 2. The fourth-order valence-electron chi connectivity index (χ4n) is 2.98. The Morgan fingerprint density at radius 3 is 2.42 bits per heavy atom. The molecule has 1 N–H and O–H groups in total. The van der Waals surface area contributed by atoms with E-state index in [1.54, 1.807) is 24.3 Å². The summed E-state index contributed by atoms with van der Waals surface area (Å²) in [5.41, 5.74) is 1.10. The van der Waals surface area contributed by atoms with Gasteiger partial charge in [-0.05, 0) is 43.5 Å². The maximum Gasteiger partial charge on any atom is 0.261 e. The van der Waals surface area contributed by atoms with E-state index in [0.717, 1.165) is 19.5 Å². The van der Waals surface area contributed by atoms with Crippen molar-refractivity contribution < 1.29 is 9.59 Å². The molecule has 1 aromatic carbocycles. The highest BCUT2D eigenvalue weighted by atomic mass is 16.2. The molecule has 2 aliphatic rings. The lowest BCUT2D eigenvalue weighted by molar-refractivity contribution is 0.0599. The Labute approximate surface area is 112 Å². The van der Waals surface area contributed by atoms with Gasteiger partial charge in [-0.15, -0.1) is 0 Å². The quantitative estimate of drug-likeness (QED) is 0.818. The molecular formula is C15H18N2O2. The first kappa shape index (κ1) is 12.4. The first-order valence-electron chi connectivity index (χ1n) is 6.84. The number of fused-ring (bicyclic) bond motifs is 1.